The lowest BCUT2D eigenvalue weighted by Gasteiger charge is -2.22. The van der Waals surface area contributed by atoms with E-state index in [1.165, 1.54) is 23.2 Å². The molecule has 0 unspecified atom stereocenters. The van der Waals surface area contributed by atoms with Crippen molar-refractivity contribution >= 4 is 45.6 Å². The molecular formula is C24H25ClN2O5S. The number of esters is 1. The van der Waals surface area contributed by atoms with Gasteiger partial charge in [-0.05, 0) is 50.1 Å². The van der Waals surface area contributed by atoms with Crippen LogP contribution in [-0.4, -0.2) is 30.1 Å². The fourth-order valence-electron chi connectivity index (χ4n) is 3.22. The van der Waals surface area contributed by atoms with Crippen LogP contribution in [0.3, 0.4) is 0 Å². The minimum absolute atomic E-state index is 0.0435. The smallest absolute Gasteiger partial charge is 0.344 e. The number of thiazole rings is 1. The molecule has 0 saturated heterocycles. The molecular weight excluding hydrogens is 464 g/mol. The summed E-state index contributed by atoms with van der Waals surface area (Å²) in [5.74, 6) is 0.265. The third-order valence-corrected chi connectivity index (χ3v) is 5.71. The van der Waals surface area contributed by atoms with Crippen LogP contribution < -0.4 is 14.4 Å². The van der Waals surface area contributed by atoms with Crippen molar-refractivity contribution in [2.24, 2.45) is 0 Å². The highest BCUT2D eigenvalue weighted by molar-refractivity contribution is 7.14. The summed E-state index contributed by atoms with van der Waals surface area (Å²) >= 11 is 7.71. The van der Waals surface area contributed by atoms with Crippen LogP contribution in [0.4, 0.5) is 10.8 Å². The van der Waals surface area contributed by atoms with E-state index in [9.17, 15) is 9.59 Å². The van der Waals surface area contributed by atoms with Gasteiger partial charge in [-0.25, -0.2) is 9.78 Å². The first kappa shape index (κ1) is 24.5. The number of carbonyl (C=O) groups excluding carboxylic acids is 2. The number of hydrogen-bond acceptors (Lipinski definition) is 7. The van der Waals surface area contributed by atoms with Gasteiger partial charge in [0, 0.05) is 12.3 Å². The molecule has 1 amide bonds. The van der Waals surface area contributed by atoms with Gasteiger partial charge in [0.2, 0.25) is 5.91 Å². The van der Waals surface area contributed by atoms with Crippen molar-refractivity contribution in [2.45, 2.75) is 34.3 Å². The number of hydrogen-bond donors (Lipinski definition) is 0. The first-order chi connectivity index (χ1) is 15.8. The largest absolute Gasteiger partial charge is 0.490 e. The van der Waals surface area contributed by atoms with E-state index in [0.29, 0.717) is 39.6 Å². The molecule has 33 heavy (non-hydrogen) atoms. The van der Waals surface area contributed by atoms with Crippen LogP contribution in [0.15, 0.2) is 41.8 Å². The predicted octanol–water partition coefficient (Wildman–Crippen LogP) is 5.62. The summed E-state index contributed by atoms with van der Waals surface area (Å²) in [6.07, 6.45) is 0. The van der Waals surface area contributed by atoms with Crippen molar-refractivity contribution in [3.63, 3.8) is 0 Å². The molecule has 0 fully saturated rings. The topological polar surface area (TPSA) is 78.0 Å². The Morgan fingerprint density at radius 1 is 1.12 bits per heavy atom. The summed E-state index contributed by atoms with van der Waals surface area (Å²) in [4.78, 5) is 30.5. The number of para-hydroxylation sites is 2. The first-order valence-corrected chi connectivity index (χ1v) is 11.6. The van der Waals surface area contributed by atoms with Gasteiger partial charge in [0.05, 0.1) is 23.0 Å². The molecule has 1 heterocycles. The number of halogens is 1. The fourth-order valence-corrected chi connectivity index (χ4v) is 4.48. The molecule has 0 spiro atoms. The molecule has 2 aromatic carbocycles. The molecule has 1 aromatic heterocycles. The lowest BCUT2D eigenvalue weighted by Crippen LogP contribution is -2.24. The van der Waals surface area contributed by atoms with E-state index in [2.05, 4.69) is 4.98 Å². The Balaban J connectivity index is 1.64. The molecule has 0 bridgehead atoms. The van der Waals surface area contributed by atoms with E-state index < -0.39 is 5.97 Å². The second-order valence-electron chi connectivity index (χ2n) is 7.22. The number of amides is 1. The highest BCUT2D eigenvalue weighted by Crippen LogP contribution is 2.37. The standard InChI is InChI=1S/C24H25ClN2O5S/c1-5-30-20-8-6-7-9-21(20)31-13-22(29)32-12-18-14-33-24(26-18)27(17(4)28)23-16(3)10-15(2)11-19(23)25/h6-11,14H,5,12-13H2,1-4H3. The van der Waals surface area contributed by atoms with Gasteiger partial charge in [-0.15, -0.1) is 11.3 Å². The average molecular weight is 489 g/mol. The highest BCUT2D eigenvalue weighted by Gasteiger charge is 2.23. The SMILES string of the molecule is CCOc1ccccc1OCC(=O)OCc1csc(N(C(C)=O)c2c(C)cc(C)cc2Cl)n1. The van der Waals surface area contributed by atoms with Gasteiger partial charge in [0.15, 0.2) is 23.2 Å². The maximum Gasteiger partial charge on any atom is 0.344 e. The van der Waals surface area contributed by atoms with Gasteiger partial charge in [0.25, 0.3) is 0 Å². The lowest BCUT2D eigenvalue weighted by atomic mass is 10.1. The van der Waals surface area contributed by atoms with Gasteiger partial charge in [0.1, 0.15) is 6.61 Å². The summed E-state index contributed by atoms with van der Waals surface area (Å²) < 4.78 is 16.3. The molecule has 0 atom stereocenters. The Kier molecular flexibility index (Phi) is 8.30. The summed E-state index contributed by atoms with van der Waals surface area (Å²) in [6.45, 7) is 7.33. The zero-order valence-corrected chi connectivity index (χ0v) is 20.5. The number of aryl methyl sites for hydroxylation is 2. The van der Waals surface area contributed by atoms with Crippen LogP contribution in [0.1, 0.15) is 30.7 Å². The molecule has 3 rings (SSSR count). The van der Waals surface area contributed by atoms with Gasteiger partial charge < -0.3 is 14.2 Å². The molecule has 3 aromatic rings. The quantitative estimate of drug-likeness (QED) is 0.364. The predicted molar refractivity (Wildman–Crippen MR) is 129 cm³/mol. The number of aromatic nitrogens is 1. The summed E-state index contributed by atoms with van der Waals surface area (Å²) in [6, 6.07) is 10.9. The normalized spacial score (nSPS) is 10.6. The van der Waals surface area contributed by atoms with Crippen molar-refractivity contribution in [1.82, 2.24) is 4.98 Å². The van der Waals surface area contributed by atoms with Crippen molar-refractivity contribution in [1.29, 1.82) is 0 Å². The van der Waals surface area contributed by atoms with E-state index in [0.717, 1.165) is 11.1 Å². The van der Waals surface area contributed by atoms with Crippen LogP contribution in [0, 0.1) is 13.8 Å². The Hall–Kier alpha value is -3.10. The number of rotatable bonds is 9. The van der Waals surface area contributed by atoms with E-state index in [1.807, 2.05) is 32.9 Å². The number of ether oxygens (including phenoxy) is 3. The van der Waals surface area contributed by atoms with E-state index in [4.69, 9.17) is 25.8 Å². The number of anilines is 2. The number of nitrogens with zero attached hydrogens (tertiary/aromatic N) is 2. The highest BCUT2D eigenvalue weighted by atomic mass is 35.5. The van der Waals surface area contributed by atoms with Gasteiger partial charge in [-0.2, -0.15) is 0 Å². The van der Waals surface area contributed by atoms with Gasteiger partial charge in [-0.3, -0.25) is 9.69 Å². The van der Waals surface area contributed by atoms with E-state index in [1.54, 1.807) is 29.6 Å². The van der Waals surface area contributed by atoms with Crippen LogP contribution in [0.2, 0.25) is 5.02 Å². The fraction of sp³-hybridized carbons (Fsp3) is 0.292. The Morgan fingerprint density at radius 2 is 1.82 bits per heavy atom. The first-order valence-electron chi connectivity index (χ1n) is 10.3. The van der Waals surface area contributed by atoms with Crippen molar-refractivity contribution in [3.05, 3.63) is 63.6 Å². The van der Waals surface area contributed by atoms with E-state index >= 15 is 0 Å². The van der Waals surface area contributed by atoms with Crippen LogP contribution in [0.25, 0.3) is 0 Å². The van der Waals surface area contributed by atoms with Crippen molar-refractivity contribution < 1.29 is 23.8 Å². The molecule has 0 N–H and O–H groups in total. The third-order valence-electron chi connectivity index (χ3n) is 4.54. The Bertz CT molecular complexity index is 1120. The van der Waals surface area contributed by atoms with E-state index in [-0.39, 0.29) is 19.1 Å². The summed E-state index contributed by atoms with van der Waals surface area (Å²) in [5.41, 5.74) is 2.98. The zero-order valence-electron chi connectivity index (χ0n) is 18.9. The monoisotopic (exact) mass is 488 g/mol. The second-order valence-corrected chi connectivity index (χ2v) is 8.46. The maximum atomic E-state index is 12.4. The van der Waals surface area contributed by atoms with Gasteiger partial charge in [-0.1, -0.05) is 29.8 Å². The average Bonchev–Trinajstić information content (AvgIpc) is 3.22. The van der Waals surface area contributed by atoms with Crippen molar-refractivity contribution in [3.8, 4) is 11.5 Å². The molecule has 9 heteroatoms. The second kappa shape index (κ2) is 11.2. The molecule has 0 aliphatic heterocycles. The summed E-state index contributed by atoms with van der Waals surface area (Å²) in [7, 11) is 0. The van der Waals surface area contributed by atoms with Crippen LogP contribution in [0.5, 0.6) is 11.5 Å². The number of carbonyl (C=O) groups is 2. The maximum absolute atomic E-state index is 12.4. The molecule has 0 radical (unpaired) electrons. The lowest BCUT2D eigenvalue weighted by molar-refractivity contribution is -0.147. The number of benzene rings is 2. The van der Waals surface area contributed by atoms with Gasteiger partial charge >= 0.3 is 5.97 Å². The van der Waals surface area contributed by atoms with Crippen LogP contribution >= 0.6 is 22.9 Å². The molecule has 174 valence electrons. The Morgan fingerprint density at radius 3 is 2.45 bits per heavy atom. The zero-order chi connectivity index (χ0) is 24.0. The minimum Gasteiger partial charge on any atom is -0.490 e. The molecule has 7 nitrogen and oxygen atoms in total. The molecule has 0 aliphatic carbocycles. The van der Waals surface area contributed by atoms with Crippen LogP contribution in [-0.2, 0) is 20.9 Å². The van der Waals surface area contributed by atoms with Crippen molar-refractivity contribution in [2.75, 3.05) is 18.1 Å². The summed E-state index contributed by atoms with van der Waals surface area (Å²) in [5, 5.41) is 2.65. The molecule has 0 saturated carbocycles. The Labute approximate surface area is 201 Å². The minimum atomic E-state index is -0.545. The molecule has 0 aliphatic rings. The third kappa shape index (κ3) is 6.24.